The van der Waals surface area contributed by atoms with Crippen LogP contribution in [0.5, 0.6) is 0 Å². The molecule has 6 nitrogen and oxygen atoms in total. The molecule has 0 spiro atoms. The molecule has 3 rings (SSSR count). The normalized spacial score (nSPS) is 16.0. The number of hydrogen-bond acceptors (Lipinski definition) is 6. The molecule has 2 heterocycles. The summed E-state index contributed by atoms with van der Waals surface area (Å²) >= 11 is 6.41. The van der Waals surface area contributed by atoms with E-state index in [4.69, 9.17) is 16.3 Å². The smallest absolute Gasteiger partial charge is 0.423 e. The Morgan fingerprint density at radius 1 is 1.32 bits per heavy atom. The highest BCUT2D eigenvalue weighted by Gasteiger charge is 2.42. The first-order valence-corrected chi connectivity index (χ1v) is 10.2. The summed E-state index contributed by atoms with van der Waals surface area (Å²) in [6, 6.07) is 4.08. The molecular weight excluding hydrogens is 375 g/mol. The van der Waals surface area contributed by atoms with E-state index < -0.39 is 12.7 Å². The van der Waals surface area contributed by atoms with Gasteiger partial charge in [0, 0.05) is 34.0 Å². The molecule has 0 fully saturated rings. The van der Waals surface area contributed by atoms with Gasteiger partial charge < -0.3 is 20.3 Å². The van der Waals surface area contributed by atoms with Crippen LogP contribution in [0.4, 0.5) is 17.5 Å². The van der Waals surface area contributed by atoms with Crippen molar-refractivity contribution in [3.05, 3.63) is 34.5 Å². The van der Waals surface area contributed by atoms with Crippen LogP contribution in [0.2, 0.25) is 5.02 Å². The maximum atomic E-state index is 10.1. The number of nitrogens with zero attached hydrogens (tertiary/aromatic N) is 2. The molecule has 1 aliphatic heterocycles. The second-order valence-electron chi connectivity index (χ2n) is 7.79. The molecule has 0 aliphatic carbocycles. The van der Waals surface area contributed by atoms with E-state index in [1.54, 1.807) is 6.07 Å². The Morgan fingerprint density at radius 2 is 2.07 bits per heavy atom. The molecule has 0 radical (unpaired) electrons. The van der Waals surface area contributed by atoms with Crippen LogP contribution in [0.15, 0.2) is 18.3 Å². The first kappa shape index (κ1) is 20.9. The zero-order valence-corrected chi connectivity index (χ0v) is 17.9. The van der Waals surface area contributed by atoms with Gasteiger partial charge in [-0.3, -0.25) is 0 Å². The first-order valence-electron chi connectivity index (χ1n) is 9.82. The predicted octanol–water partition coefficient (Wildman–Crippen LogP) is 4.13. The molecule has 28 heavy (non-hydrogen) atoms. The van der Waals surface area contributed by atoms with Crippen LogP contribution >= 0.6 is 11.6 Å². The van der Waals surface area contributed by atoms with E-state index in [1.165, 1.54) is 0 Å². The lowest BCUT2D eigenvalue weighted by Crippen LogP contribution is -2.29. The number of fused-ring (bicyclic) bond motifs is 1. The zero-order chi connectivity index (χ0) is 20.5. The molecule has 0 saturated heterocycles. The van der Waals surface area contributed by atoms with Crippen LogP contribution in [0.25, 0.3) is 0 Å². The standard InChI is InChI=1S/C20H28BClN4O2/c1-6-8-13(7-2)24-18-12(3)11-23-19(26-18)25-14-9-15-17(16(22)10-14)21(27)28-20(15,4)5/h9-11,13,27H,6-8H2,1-5H3,(H2,23,24,25,26). The molecule has 0 bridgehead atoms. The number of nitrogens with one attached hydrogen (secondary N) is 2. The fourth-order valence-corrected chi connectivity index (χ4v) is 3.85. The molecule has 1 aliphatic rings. The molecule has 1 unspecified atom stereocenters. The van der Waals surface area contributed by atoms with Crippen molar-refractivity contribution in [2.24, 2.45) is 0 Å². The van der Waals surface area contributed by atoms with Gasteiger partial charge in [0.05, 0.1) is 5.60 Å². The third kappa shape index (κ3) is 4.26. The highest BCUT2D eigenvalue weighted by molar-refractivity contribution is 6.65. The minimum Gasteiger partial charge on any atom is -0.423 e. The van der Waals surface area contributed by atoms with Gasteiger partial charge in [-0.05, 0) is 51.3 Å². The molecule has 150 valence electrons. The third-order valence-electron chi connectivity index (χ3n) is 5.13. The van der Waals surface area contributed by atoms with Gasteiger partial charge in [-0.2, -0.15) is 4.98 Å². The van der Waals surface area contributed by atoms with Gasteiger partial charge in [-0.15, -0.1) is 0 Å². The molecule has 3 N–H and O–H groups in total. The van der Waals surface area contributed by atoms with Crippen molar-refractivity contribution < 1.29 is 9.68 Å². The summed E-state index contributed by atoms with van der Waals surface area (Å²) in [5.74, 6) is 1.33. The summed E-state index contributed by atoms with van der Waals surface area (Å²) in [5, 5.41) is 17.4. The summed E-state index contributed by atoms with van der Waals surface area (Å²) in [5.41, 5.74) is 2.62. The Balaban J connectivity index is 1.87. The van der Waals surface area contributed by atoms with Crippen molar-refractivity contribution in [1.29, 1.82) is 0 Å². The lowest BCUT2D eigenvalue weighted by molar-refractivity contribution is 0.101. The van der Waals surface area contributed by atoms with Crippen molar-refractivity contribution >= 4 is 41.6 Å². The van der Waals surface area contributed by atoms with E-state index in [2.05, 4.69) is 34.4 Å². The fourth-order valence-electron chi connectivity index (χ4n) is 3.54. The van der Waals surface area contributed by atoms with Gasteiger partial charge in [0.1, 0.15) is 5.82 Å². The van der Waals surface area contributed by atoms with Crippen LogP contribution in [-0.4, -0.2) is 28.2 Å². The number of aryl methyl sites for hydroxylation is 1. The highest BCUT2D eigenvalue weighted by Crippen LogP contribution is 2.35. The van der Waals surface area contributed by atoms with Crippen LogP contribution in [0.1, 0.15) is 58.1 Å². The van der Waals surface area contributed by atoms with E-state index in [0.29, 0.717) is 22.5 Å². The second kappa shape index (κ2) is 8.27. The third-order valence-corrected chi connectivity index (χ3v) is 5.44. The predicted molar refractivity (Wildman–Crippen MR) is 116 cm³/mol. The first-order chi connectivity index (χ1) is 13.2. The lowest BCUT2D eigenvalue weighted by atomic mass is 9.78. The van der Waals surface area contributed by atoms with E-state index in [0.717, 1.165) is 41.9 Å². The summed E-state index contributed by atoms with van der Waals surface area (Å²) < 4.78 is 5.62. The summed E-state index contributed by atoms with van der Waals surface area (Å²) in [6.07, 6.45) is 5.07. The average Bonchev–Trinajstić information content (AvgIpc) is 2.86. The molecule has 1 aromatic carbocycles. The Kier molecular flexibility index (Phi) is 6.17. The lowest BCUT2D eigenvalue weighted by Gasteiger charge is -2.21. The Morgan fingerprint density at radius 3 is 2.75 bits per heavy atom. The van der Waals surface area contributed by atoms with Gasteiger partial charge >= 0.3 is 7.12 Å². The monoisotopic (exact) mass is 402 g/mol. The topological polar surface area (TPSA) is 79.3 Å². The van der Waals surface area contributed by atoms with E-state index in [1.807, 2.05) is 33.0 Å². The molecule has 0 amide bonds. The van der Waals surface area contributed by atoms with E-state index >= 15 is 0 Å². The minimum atomic E-state index is -1.01. The second-order valence-corrected chi connectivity index (χ2v) is 8.20. The Hall–Kier alpha value is -1.83. The average molecular weight is 403 g/mol. The molecule has 8 heteroatoms. The van der Waals surface area contributed by atoms with Gasteiger partial charge in [0.25, 0.3) is 0 Å². The minimum absolute atomic E-state index is 0.389. The zero-order valence-electron chi connectivity index (χ0n) is 17.1. The number of benzene rings is 1. The van der Waals surface area contributed by atoms with E-state index in [-0.39, 0.29) is 0 Å². The SMILES string of the molecule is CCCC(CC)Nc1nc(Nc2cc(Cl)c3c(c2)C(C)(C)OB3O)ncc1C. The highest BCUT2D eigenvalue weighted by atomic mass is 35.5. The maximum absolute atomic E-state index is 10.1. The van der Waals surface area contributed by atoms with Crippen LogP contribution in [-0.2, 0) is 10.3 Å². The molecule has 2 aromatic rings. The fraction of sp³-hybridized carbons (Fsp3) is 0.500. The maximum Gasteiger partial charge on any atom is 0.493 e. The van der Waals surface area contributed by atoms with Crippen LogP contribution < -0.4 is 16.1 Å². The number of hydrogen-bond donors (Lipinski definition) is 3. The van der Waals surface area contributed by atoms with Crippen LogP contribution in [0, 0.1) is 6.92 Å². The molecule has 0 saturated carbocycles. The van der Waals surface area contributed by atoms with Gasteiger partial charge in [-0.1, -0.05) is 31.9 Å². The molecule has 1 atom stereocenters. The van der Waals surface area contributed by atoms with Gasteiger partial charge in [0.15, 0.2) is 0 Å². The largest absolute Gasteiger partial charge is 0.493 e. The quantitative estimate of drug-likeness (QED) is 0.604. The van der Waals surface area contributed by atoms with Crippen molar-refractivity contribution in [3.8, 4) is 0 Å². The van der Waals surface area contributed by atoms with E-state index in [9.17, 15) is 5.02 Å². The van der Waals surface area contributed by atoms with Gasteiger partial charge in [0.2, 0.25) is 5.95 Å². The number of halogens is 1. The van der Waals surface area contributed by atoms with Gasteiger partial charge in [-0.25, -0.2) is 4.98 Å². The van der Waals surface area contributed by atoms with Crippen molar-refractivity contribution in [3.63, 3.8) is 0 Å². The van der Waals surface area contributed by atoms with Crippen molar-refractivity contribution in [2.45, 2.75) is 65.5 Å². The summed E-state index contributed by atoms with van der Waals surface area (Å²) in [4.78, 5) is 9.06. The van der Waals surface area contributed by atoms with Crippen molar-refractivity contribution in [2.75, 3.05) is 10.6 Å². The Bertz CT molecular complexity index is 862. The van der Waals surface area contributed by atoms with Crippen LogP contribution in [0.3, 0.4) is 0 Å². The molecule has 1 aromatic heterocycles. The Labute approximate surface area is 172 Å². The summed E-state index contributed by atoms with van der Waals surface area (Å²) in [7, 11) is -1.01. The van der Waals surface area contributed by atoms with Crippen molar-refractivity contribution in [1.82, 2.24) is 9.97 Å². The molecular formula is C20H28BClN4O2. The number of aromatic nitrogens is 2. The summed E-state index contributed by atoms with van der Waals surface area (Å²) in [6.45, 7) is 10.2. The number of rotatable bonds is 7. The number of anilines is 3.